The van der Waals surface area contributed by atoms with Crippen LogP contribution in [0.5, 0.6) is 0 Å². The number of aryl methyl sites for hydroxylation is 1. The van der Waals surface area contributed by atoms with Crippen molar-refractivity contribution in [3.05, 3.63) is 78.6 Å². The Bertz CT molecular complexity index is 1000. The van der Waals surface area contributed by atoms with Gasteiger partial charge in [0.25, 0.3) is 5.91 Å². The van der Waals surface area contributed by atoms with Crippen LogP contribution in [0.4, 0.5) is 10.5 Å². The van der Waals surface area contributed by atoms with Gasteiger partial charge in [-0.25, -0.2) is 9.48 Å². The largest absolute Gasteiger partial charge is 0.453 e. The molecule has 3 aromatic rings. The maximum absolute atomic E-state index is 12.1. The van der Waals surface area contributed by atoms with Crippen molar-refractivity contribution in [2.75, 3.05) is 5.32 Å². The van der Waals surface area contributed by atoms with Crippen LogP contribution in [0, 0.1) is 0 Å². The van der Waals surface area contributed by atoms with E-state index >= 15 is 0 Å². The summed E-state index contributed by atoms with van der Waals surface area (Å²) in [7, 11) is 0. The van der Waals surface area contributed by atoms with Gasteiger partial charge in [-0.05, 0) is 43.2 Å². The van der Waals surface area contributed by atoms with Crippen LogP contribution in [0.25, 0.3) is 5.69 Å². The lowest BCUT2D eigenvalue weighted by molar-refractivity contribution is -0.154. The summed E-state index contributed by atoms with van der Waals surface area (Å²) in [6, 6.07) is 17.6. The van der Waals surface area contributed by atoms with Crippen molar-refractivity contribution in [2.24, 2.45) is 0 Å². The Morgan fingerprint density at radius 1 is 1.03 bits per heavy atom. The number of imide groups is 1. The summed E-state index contributed by atoms with van der Waals surface area (Å²) < 4.78 is 6.84. The molecule has 0 radical (unpaired) electrons. The third kappa shape index (κ3) is 6.03. The van der Waals surface area contributed by atoms with Gasteiger partial charge < -0.3 is 10.1 Å². The first kappa shape index (κ1) is 20.8. The number of esters is 1. The molecule has 0 aliphatic carbocycles. The van der Waals surface area contributed by atoms with E-state index in [1.54, 1.807) is 35.1 Å². The highest BCUT2D eigenvalue weighted by atomic mass is 16.5. The fourth-order valence-corrected chi connectivity index (χ4v) is 2.66. The number of carbonyl (C=O) groups is 3. The number of ether oxygens (including phenoxy) is 1. The molecule has 2 N–H and O–H groups in total. The Balaban J connectivity index is 1.42. The first-order chi connectivity index (χ1) is 14.5. The lowest BCUT2D eigenvalue weighted by atomic mass is 10.2. The fourth-order valence-electron chi connectivity index (χ4n) is 2.66. The Labute approximate surface area is 173 Å². The van der Waals surface area contributed by atoms with Crippen LogP contribution >= 0.6 is 0 Å². The molecule has 1 unspecified atom stereocenters. The van der Waals surface area contributed by atoms with Gasteiger partial charge in [-0.1, -0.05) is 36.4 Å². The number of aromatic nitrogens is 2. The molecule has 1 atom stereocenters. The molecule has 1 heterocycles. The van der Waals surface area contributed by atoms with Crippen LogP contribution in [0.2, 0.25) is 0 Å². The second kappa shape index (κ2) is 10.0. The van der Waals surface area contributed by atoms with Gasteiger partial charge in [0, 0.05) is 18.3 Å². The van der Waals surface area contributed by atoms with Gasteiger partial charge in [0.15, 0.2) is 6.10 Å². The predicted molar refractivity (Wildman–Crippen MR) is 111 cm³/mol. The zero-order valence-electron chi connectivity index (χ0n) is 16.4. The third-order valence-electron chi connectivity index (χ3n) is 4.22. The van der Waals surface area contributed by atoms with E-state index in [9.17, 15) is 14.4 Å². The van der Waals surface area contributed by atoms with Gasteiger partial charge >= 0.3 is 12.0 Å². The zero-order valence-corrected chi connectivity index (χ0v) is 16.4. The highest BCUT2D eigenvalue weighted by Crippen LogP contribution is 2.10. The van der Waals surface area contributed by atoms with Gasteiger partial charge in [-0.2, -0.15) is 5.10 Å². The topological polar surface area (TPSA) is 102 Å². The molecule has 30 heavy (non-hydrogen) atoms. The fraction of sp³-hybridized carbons (Fsp3) is 0.182. The normalized spacial score (nSPS) is 11.4. The summed E-state index contributed by atoms with van der Waals surface area (Å²) in [6.45, 7) is 1.41. The van der Waals surface area contributed by atoms with E-state index < -0.39 is 24.0 Å². The second-order valence-electron chi connectivity index (χ2n) is 6.57. The number of urea groups is 1. The number of nitrogens with one attached hydrogen (secondary N) is 2. The van der Waals surface area contributed by atoms with Crippen LogP contribution in [-0.2, 0) is 20.7 Å². The molecule has 0 saturated heterocycles. The maximum Gasteiger partial charge on any atom is 0.325 e. The molecular formula is C22H22N4O4. The Morgan fingerprint density at radius 3 is 2.40 bits per heavy atom. The van der Waals surface area contributed by atoms with Gasteiger partial charge in [-0.3, -0.25) is 14.9 Å². The van der Waals surface area contributed by atoms with Gasteiger partial charge in [-0.15, -0.1) is 0 Å². The van der Waals surface area contributed by atoms with Crippen LogP contribution in [0.15, 0.2) is 73.1 Å². The van der Waals surface area contributed by atoms with Crippen molar-refractivity contribution in [1.82, 2.24) is 15.1 Å². The van der Waals surface area contributed by atoms with Crippen LogP contribution in [-0.4, -0.2) is 33.8 Å². The number of hydrogen-bond acceptors (Lipinski definition) is 5. The molecule has 0 fully saturated rings. The van der Waals surface area contributed by atoms with Crippen LogP contribution in [0.1, 0.15) is 18.9 Å². The molecule has 3 amide bonds. The molecule has 0 bridgehead atoms. The lowest BCUT2D eigenvalue weighted by Crippen LogP contribution is -2.41. The minimum absolute atomic E-state index is 0.0916. The highest BCUT2D eigenvalue weighted by molar-refractivity contribution is 6.02. The summed E-state index contributed by atoms with van der Waals surface area (Å²) in [5.41, 5.74) is 2.34. The molecule has 2 aromatic carbocycles. The molecule has 8 heteroatoms. The minimum Gasteiger partial charge on any atom is -0.453 e. The number of nitrogens with zero attached hydrogens (tertiary/aromatic N) is 2. The molecule has 8 nitrogen and oxygen atoms in total. The van der Waals surface area contributed by atoms with E-state index in [4.69, 9.17) is 4.74 Å². The molecular weight excluding hydrogens is 384 g/mol. The first-order valence-electron chi connectivity index (χ1n) is 9.46. The molecule has 0 aliphatic heterocycles. The average molecular weight is 406 g/mol. The molecule has 154 valence electrons. The monoisotopic (exact) mass is 406 g/mol. The molecule has 3 rings (SSSR count). The van der Waals surface area contributed by atoms with E-state index in [1.807, 2.05) is 42.6 Å². The van der Waals surface area contributed by atoms with Crippen molar-refractivity contribution in [3.8, 4) is 5.69 Å². The van der Waals surface area contributed by atoms with E-state index in [2.05, 4.69) is 15.7 Å². The van der Waals surface area contributed by atoms with Crippen molar-refractivity contribution in [1.29, 1.82) is 0 Å². The number of rotatable bonds is 7. The molecule has 0 saturated carbocycles. The number of para-hydroxylation sites is 2. The van der Waals surface area contributed by atoms with Crippen LogP contribution < -0.4 is 10.6 Å². The van der Waals surface area contributed by atoms with Gasteiger partial charge in [0.05, 0.1) is 11.9 Å². The number of anilines is 1. The maximum atomic E-state index is 12.1. The SMILES string of the molecule is CC(OC(=O)CCc1cnn(-c2ccccc2)c1)C(=O)NC(=O)Nc1ccccc1. The number of hydrogen-bond donors (Lipinski definition) is 2. The number of amides is 3. The van der Waals surface area contributed by atoms with E-state index in [1.165, 1.54) is 6.92 Å². The van der Waals surface area contributed by atoms with Gasteiger partial charge in [0.1, 0.15) is 0 Å². The Morgan fingerprint density at radius 2 is 1.70 bits per heavy atom. The first-order valence-corrected chi connectivity index (χ1v) is 9.46. The van der Waals surface area contributed by atoms with E-state index in [0.29, 0.717) is 12.1 Å². The summed E-state index contributed by atoms with van der Waals surface area (Å²) in [6.07, 6.45) is 2.95. The van der Waals surface area contributed by atoms with Gasteiger partial charge in [0.2, 0.25) is 0 Å². The predicted octanol–water partition coefficient (Wildman–Crippen LogP) is 3.08. The zero-order chi connectivity index (χ0) is 21.3. The van der Waals surface area contributed by atoms with Crippen molar-refractivity contribution in [3.63, 3.8) is 0 Å². The molecule has 0 aliphatic rings. The lowest BCUT2D eigenvalue weighted by Gasteiger charge is -2.13. The summed E-state index contributed by atoms with van der Waals surface area (Å²) in [5.74, 6) is -1.23. The number of benzene rings is 2. The Hall–Kier alpha value is -3.94. The van der Waals surface area contributed by atoms with Crippen molar-refractivity contribution >= 4 is 23.6 Å². The van der Waals surface area contributed by atoms with Crippen molar-refractivity contribution < 1.29 is 19.1 Å². The second-order valence-corrected chi connectivity index (χ2v) is 6.57. The third-order valence-corrected chi connectivity index (χ3v) is 4.22. The molecule has 0 spiro atoms. The standard InChI is InChI=1S/C22H22N4O4/c1-16(21(28)25-22(29)24-18-8-4-2-5-9-18)30-20(27)13-12-17-14-23-26(15-17)19-10-6-3-7-11-19/h2-11,14-16H,12-13H2,1H3,(H2,24,25,28,29). The summed E-state index contributed by atoms with van der Waals surface area (Å²) >= 11 is 0. The number of carbonyl (C=O) groups excluding carboxylic acids is 3. The quantitative estimate of drug-likeness (QED) is 0.587. The Kier molecular flexibility index (Phi) is 6.94. The summed E-state index contributed by atoms with van der Waals surface area (Å²) in [5, 5.41) is 8.95. The minimum atomic E-state index is -1.09. The molecule has 1 aromatic heterocycles. The highest BCUT2D eigenvalue weighted by Gasteiger charge is 2.20. The van der Waals surface area contributed by atoms with Crippen LogP contribution in [0.3, 0.4) is 0 Å². The van der Waals surface area contributed by atoms with Crippen molar-refractivity contribution in [2.45, 2.75) is 25.9 Å². The smallest absolute Gasteiger partial charge is 0.325 e. The summed E-state index contributed by atoms with van der Waals surface area (Å²) in [4.78, 5) is 36.0. The van der Waals surface area contributed by atoms with E-state index in [0.717, 1.165) is 11.3 Å². The average Bonchev–Trinajstić information content (AvgIpc) is 3.22. The van der Waals surface area contributed by atoms with E-state index in [-0.39, 0.29) is 6.42 Å².